The van der Waals surface area contributed by atoms with Crippen molar-refractivity contribution in [2.24, 2.45) is 0 Å². The minimum absolute atomic E-state index is 1.09. The molecule has 214 valence electrons. The van der Waals surface area contributed by atoms with E-state index in [1.807, 2.05) is 0 Å². The van der Waals surface area contributed by atoms with Gasteiger partial charge in [0.15, 0.2) is 0 Å². The summed E-state index contributed by atoms with van der Waals surface area (Å²) in [7, 11) is 0. The maximum absolute atomic E-state index is 2.36. The second kappa shape index (κ2) is 11.6. The Morgan fingerprint density at radius 2 is 0.667 bits per heavy atom. The Balaban J connectivity index is 1.26. The fourth-order valence-electron chi connectivity index (χ4n) is 6.33. The molecule has 8 rings (SSSR count). The lowest BCUT2D eigenvalue weighted by Crippen LogP contribution is -2.12. The van der Waals surface area contributed by atoms with Gasteiger partial charge in [-0.3, -0.25) is 0 Å². The van der Waals surface area contributed by atoms with Crippen molar-refractivity contribution in [3.05, 3.63) is 188 Å². The molecule has 0 aliphatic carbocycles. The Kier molecular flexibility index (Phi) is 6.82. The van der Waals surface area contributed by atoms with Crippen LogP contribution in [0.3, 0.4) is 0 Å². The quantitative estimate of drug-likeness (QED) is 0.187. The molecule has 0 saturated carbocycles. The topological polar surface area (TPSA) is 11.4 Å². The van der Waals surface area contributed by atoms with Crippen LogP contribution in [0.25, 0.3) is 27.5 Å². The second-order valence-corrected chi connectivity index (χ2v) is 11.1. The van der Waals surface area contributed by atoms with Gasteiger partial charge >= 0.3 is 0 Å². The summed E-state index contributed by atoms with van der Waals surface area (Å²) >= 11 is 0. The van der Waals surface area contributed by atoms with Gasteiger partial charge in [-0.1, -0.05) is 91.0 Å². The van der Waals surface area contributed by atoms with Crippen molar-refractivity contribution in [3.63, 3.8) is 0 Å². The minimum Gasteiger partial charge on any atom is -0.311 e. The van der Waals surface area contributed by atoms with E-state index in [2.05, 4.69) is 202 Å². The highest BCUT2D eigenvalue weighted by Gasteiger charge is 2.18. The molecule has 0 bridgehead atoms. The molecule has 0 saturated heterocycles. The van der Waals surface area contributed by atoms with Crippen molar-refractivity contribution in [3.8, 4) is 5.69 Å². The van der Waals surface area contributed by atoms with E-state index >= 15 is 0 Å². The monoisotopic (exact) mass is 577 g/mol. The molecular formula is C42H31N3. The van der Waals surface area contributed by atoms with Crippen LogP contribution in [0.2, 0.25) is 0 Å². The average Bonchev–Trinajstić information content (AvgIpc) is 3.45. The Labute approximate surface area is 263 Å². The van der Waals surface area contributed by atoms with Crippen molar-refractivity contribution >= 4 is 55.9 Å². The summed E-state index contributed by atoms with van der Waals surface area (Å²) in [5.41, 5.74) is 10.2. The predicted molar refractivity (Wildman–Crippen MR) is 190 cm³/mol. The number of hydrogen-bond acceptors (Lipinski definition) is 2. The summed E-state index contributed by atoms with van der Waals surface area (Å²) in [5, 5.41) is 2.46. The molecule has 3 nitrogen and oxygen atoms in total. The first-order chi connectivity index (χ1) is 22.3. The van der Waals surface area contributed by atoms with Crippen LogP contribution in [-0.4, -0.2) is 4.57 Å². The lowest BCUT2D eigenvalue weighted by molar-refractivity contribution is 1.18. The van der Waals surface area contributed by atoms with Gasteiger partial charge in [-0.05, 0) is 97.1 Å². The van der Waals surface area contributed by atoms with Gasteiger partial charge in [0, 0.05) is 50.6 Å². The zero-order valence-electron chi connectivity index (χ0n) is 24.7. The molecule has 7 aromatic carbocycles. The van der Waals surface area contributed by atoms with Gasteiger partial charge in [0.25, 0.3) is 0 Å². The van der Waals surface area contributed by atoms with Crippen LogP contribution in [0.1, 0.15) is 0 Å². The number of para-hydroxylation sites is 5. The Morgan fingerprint density at radius 1 is 0.289 bits per heavy atom. The number of nitrogens with zero attached hydrogens (tertiary/aromatic N) is 3. The number of aromatic nitrogens is 1. The van der Waals surface area contributed by atoms with Gasteiger partial charge in [0.2, 0.25) is 0 Å². The van der Waals surface area contributed by atoms with E-state index in [4.69, 9.17) is 0 Å². The van der Waals surface area contributed by atoms with E-state index in [0.717, 1.165) is 39.8 Å². The molecule has 0 aliphatic heterocycles. The van der Waals surface area contributed by atoms with Crippen LogP contribution in [0.15, 0.2) is 188 Å². The summed E-state index contributed by atoms with van der Waals surface area (Å²) in [6, 6.07) is 66.7. The van der Waals surface area contributed by atoms with Crippen LogP contribution in [0, 0.1) is 0 Å². The Hall–Kier alpha value is -6.06. The third kappa shape index (κ3) is 4.91. The molecule has 45 heavy (non-hydrogen) atoms. The highest BCUT2D eigenvalue weighted by atomic mass is 15.2. The molecule has 8 aromatic rings. The van der Waals surface area contributed by atoms with Crippen LogP contribution >= 0.6 is 0 Å². The van der Waals surface area contributed by atoms with Gasteiger partial charge in [-0.25, -0.2) is 0 Å². The van der Waals surface area contributed by atoms with E-state index < -0.39 is 0 Å². The summed E-state index contributed by atoms with van der Waals surface area (Å²) < 4.78 is 2.36. The standard InChI is InChI=1S/C42H31N3/c1-5-15-32(16-6-1)43(33-17-7-2-8-18-33)36-25-27-37(28-26-36)44(34-19-9-3-10-20-34)38-29-30-42-40(31-38)39-23-13-14-24-41(39)45(42)35-21-11-4-12-22-35/h1-31H. The van der Waals surface area contributed by atoms with Crippen LogP contribution in [0.4, 0.5) is 34.1 Å². The molecule has 0 spiro atoms. The van der Waals surface area contributed by atoms with Gasteiger partial charge in [-0.2, -0.15) is 0 Å². The van der Waals surface area contributed by atoms with E-state index in [1.165, 1.54) is 21.8 Å². The number of hydrogen-bond donors (Lipinski definition) is 0. The first kappa shape index (κ1) is 26.6. The van der Waals surface area contributed by atoms with Gasteiger partial charge in [-0.15, -0.1) is 0 Å². The van der Waals surface area contributed by atoms with Crippen LogP contribution < -0.4 is 9.80 Å². The molecule has 1 heterocycles. The number of anilines is 6. The van der Waals surface area contributed by atoms with Crippen molar-refractivity contribution in [1.82, 2.24) is 4.57 Å². The maximum Gasteiger partial charge on any atom is 0.0542 e. The lowest BCUT2D eigenvalue weighted by atomic mass is 10.1. The van der Waals surface area contributed by atoms with Crippen molar-refractivity contribution in [1.29, 1.82) is 0 Å². The third-order valence-electron chi connectivity index (χ3n) is 8.34. The summed E-state index contributed by atoms with van der Waals surface area (Å²) in [4.78, 5) is 4.63. The SMILES string of the molecule is c1ccc(N(c2ccccc2)c2ccc(N(c3ccccc3)c3ccc4c(c3)c3ccccc3n4-c3ccccc3)cc2)cc1. The van der Waals surface area contributed by atoms with Crippen LogP contribution in [-0.2, 0) is 0 Å². The molecule has 0 unspecified atom stereocenters. The van der Waals surface area contributed by atoms with Gasteiger partial charge in [0.05, 0.1) is 11.0 Å². The normalized spacial score (nSPS) is 11.1. The minimum atomic E-state index is 1.09. The molecule has 0 fully saturated rings. The van der Waals surface area contributed by atoms with Crippen molar-refractivity contribution in [2.75, 3.05) is 9.80 Å². The average molecular weight is 578 g/mol. The second-order valence-electron chi connectivity index (χ2n) is 11.1. The molecular weight excluding hydrogens is 546 g/mol. The first-order valence-electron chi connectivity index (χ1n) is 15.3. The van der Waals surface area contributed by atoms with E-state index in [-0.39, 0.29) is 0 Å². The molecule has 1 aromatic heterocycles. The van der Waals surface area contributed by atoms with Gasteiger partial charge in [0.1, 0.15) is 0 Å². The van der Waals surface area contributed by atoms with Crippen molar-refractivity contribution in [2.45, 2.75) is 0 Å². The maximum atomic E-state index is 2.36. The van der Waals surface area contributed by atoms with E-state index in [0.29, 0.717) is 0 Å². The zero-order chi connectivity index (χ0) is 30.0. The predicted octanol–water partition coefficient (Wildman–Crippen LogP) is 11.7. The smallest absolute Gasteiger partial charge is 0.0542 e. The summed E-state index contributed by atoms with van der Waals surface area (Å²) in [6.45, 7) is 0. The zero-order valence-corrected chi connectivity index (χ0v) is 24.7. The molecule has 3 heteroatoms. The van der Waals surface area contributed by atoms with Gasteiger partial charge < -0.3 is 14.4 Å². The van der Waals surface area contributed by atoms with Crippen molar-refractivity contribution < 1.29 is 0 Å². The lowest BCUT2D eigenvalue weighted by Gasteiger charge is -2.28. The number of benzene rings is 7. The largest absolute Gasteiger partial charge is 0.311 e. The Morgan fingerprint density at radius 3 is 1.20 bits per heavy atom. The number of fused-ring (bicyclic) bond motifs is 3. The third-order valence-corrected chi connectivity index (χ3v) is 8.34. The molecule has 0 radical (unpaired) electrons. The number of rotatable bonds is 7. The fraction of sp³-hybridized carbons (Fsp3) is 0. The molecule has 0 atom stereocenters. The molecule has 0 N–H and O–H groups in total. The fourth-order valence-corrected chi connectivity index (χ4v) is 6.33. The highest BCUT2D eigenvalue weighted by Crippen LogP contribution is 2.41. The molecule has 0 aliphatic rings. The van der Waals surface area contributed by atoms with E-state index in [1.54, 1.807) is 0 Å². The first-order valence-corrected chi connectivity index (χ1v) is 15.3. The molecule has 0 amide bonds. The van der Waals surface area contributed by atoms with Crippen LogP contribution in [0.5, 0.6) is 0 Å². The highest BCUT2D eigenvalue weighted by molar-refractivity contribution is 6.10. The Bertz CT molecular complexity index is 2150. The summed E-state index contributed by atoms with van der Waals surface area (Å²) in [5.74, 6) is 0. The van der Waals surface area contributed by atoms with E-state index in [9.17, 15) is 0 Å². The summed E-state index contributed by atoms with van der Waals surface area (Å²) in [6.07, 6.45) is 0.